The average Bonchev–Trinajstić information content (AvgIpc) is 3.11. The van der Waals surface area contributed by atoms with Crippen LogP contribution in [0.5, 0.6) is 0 Å². The Kier molecular flexibility index (Phi) is 5.22. The summed E-state index contributed by atoms with van der Waals surface area (Å²) in [4.78, 5) is 26.1. The average molecular weight is 397 g/mol. The number of piperazine rings is 1. The van der Waals surface area contributed by atoms with Gasteiger partial charge in [-0.3, -0.25) is 0 Å². The third kappa shape index (κ3) is 4.73. The highest BCUT2D eigenvalue weighted by Crippen LogP contribution is 2.29. The number of carbonyl (C=O) groups excluding carboxylic acids is 1. The van der Waals surface area contributed by atoms with Crippen LogP contribution >= 0.6 is 0 Å². The number of aromatic nitrogens is 3. The molecule has 0 saturated carbocycles. The van der Waals surface area contributed by atoms with Gasteiger partial charge in [-0.15, -0.1) is 0 Å². The van der Waals surface area contributed by atoms with E-state index < -0.39 is 17.5 Å². The number of anilines is 1. The number of ether oxygens (including phenoxy) is 1. The van der Waals surface area contributed by atoms with Crippen molar-refractivity contribution in [2.45, 2.75) is 32.5 Å². The molecule has 0 aliphatic carbocycles. The molecule has 0 bridgehead atoms. The number of alkyl halides is 3. The molecule has 7 nitrogen and oxygen atoms in total. The number of amides is 1. The number of imidazole rings is 1. The summed E-state index contributed by atoms with van der Waals surface area (Å²) in [6.45, 7) is 7.65. The second-order valence-corrected chi connectivity index (χ2v) is 7.50. The number of carbonyl (C=O) groups is 1. The Bertz CT molecular complexity index is 819. The minimum absolute atomic E-state index is 0.112. The number of nitrogens with one attached hydrogen (secondary N) is 1. The molecule has 1 saturated heterocycles. The van der Waals surface area contributed by atoms with Gasteiger partial charge in [0.2, 0.25) is 0 Å². The van der Waals surface area contributed by atoms with E-state index in [-0.39, 0.29) is 11.9 Å². The van der Waals surface area contributed by atoms with Crippen LogP contribution in [0.15, 0.2) is 24.5 Å². The topological polar surface area (TPSA) is 74.3 Å². The van der Waals surface area contributed by atoms with E-state index >= 15 is 0 Å². The van der Waals surface area contributed by atoms with E-state index in [0.717, 1.165) is 6.20 Å². The second kappa shape index (κ2) is 7.33. The third-order valence-corrected chi connectivity index (χ3v) is 4.16. The normalized spacial score (nSPS) is 15.6. The molecule has 2 aromatic heterocycles. The number of halogens is 3. The number of nitrogens with zero attached hydrogens (tertiary/aromatic N) is 4. The second-order valence-electron chi connectivity index (χ2n) is 7.50. The van der Waals surface area contributed by atoms with Gasteiger partial charge in [-0.25, -0.2) is 14.8 Å². The Morgan fingerprint density at radius 2 is 1.75 bits per heavy atom. The fourth-order valence-electron chi connectivity index (χ4n) is 2.77. The van der Waals surface area contributed by atoms with Crippen molar-refractivity contribution in [3.8, 4) is 11.4 Å². The van der Waals surface area contributed by atoms with Crippen molar-refractivity contribution in [2.24, 2.45) is 0 Å². The number of rotatable bonds is 2. The van der Waals surface area contributed by atoms with E-state index in [4.69, 9.17) is 4.74 Å². The molecule has 0 atom stereocenters. The molecular weight excluding hydrogens is 375 g/mol. The molecule has 3 heterocycles. The molecule has 1 aliphatic rings. The maximum atomic E-state index is 12.7. The predicted octanol–water partition coefficient (Wildman–Crippen LogP) is 3.55. The van der Waals surface area contributed by atoms with E-state index in [1.54, 1.807) is 17.0 Å². The van der Waals surface area contributed by atoms with Gasteiger partial charge < -0.3 is 19.5 Å². The minimum Gasteiger partial charge on any atom is -0.444 e. The zero-order valence-electron chi connectivity index (χ0n) is 15.9. The molecule has 0 spiro atoms. The number of hydrogen-bond acceptors (Lipinski definition) is 5. The molecule has 1 amide bonds. The highest BCUT2D eigenvalue weighted by Gasteiger charge is 2.33. The molecule has 1 N–H and O–H groups in total. The fraction of sp³-hybridized carbons (Fsp3) is 0.500. The van der Waals surface area contributed by atoms with Crippen molar-refractivity contribution < 1.29 is 22.7 Å². The van der Waals surface area contributed by atoms with Crippen molar-refractivity contribution in [2.75, 3.05) is 31.1 Å². The Hall–Kier alpha value is -2.78. The number of aromatic amines is 1. The quantitative estimate of drug-likeness (QED) is 0.839. The molecule has 0 unspecified atom stereocenters. The molecule has 1 aliphatic heterocycles. The maximum Gasteiger partial charge on any atom is 0.432 e. The van der Waals surface area contributed by atoms with Gasteiger partial charge in [-0.2, -0.15) is 13.2 Å². The van der Waals surface area contributed by atoms with Gasteiger partial charge in [0.1, 0.15) is 22.9 Å². The van der Waals surface area contributed by atoms with Crippen molar-refractivity contribution in [1.82, 2.24) is 19.9 Å². The van der Waals surface area contributed by atoms with Gasteiger partial charge in [0.15, 0.2) is 0 Å². The summed E-state index contributed by atoms with van der Waals surface area (Å²) in [5.41, 5.74) is -0.972. The molecule has 28 heavy (non-hydrogen) atoms. The summed E-state index contributed by atoms with van der Waals surface area (Å²) in [6, 6.07) is 3.40. The first kappa shape index (κ1) is 20.0. The standard InChI is InChI=1S/C18H22F3N5O2/c1-17(2,3)28-16(27)26-8-6-25(7-9-26)14-5-4-12(10-22-14)15-23-11-13(24-15)18(19,20)21/h4-5,10-11H,6-9H2,1-3H3,(H,23,24). The first-order chi connectivity index (χ1) is 13.0. The Balaban J connectivity index is 1.61. The monoisotopic (exact) mass is 397 g/mol. The van der Waals surface area contributed by atoms with Crippen LogP contribution in [0.4, 0.5) is 23.8 Å². The SMILES string of the molecule is CC(C)(C)OC(=O)N1CCN(c2ccc(-c3ncc(C(F)(F)F)[nH]3)cn2)CC1. The summed E-state index contributed by atoms with van der Waals surface area (Å²) in [6.07, 6.45) is -2.56. The number of H-pyrrole nitrogens is 1. The minimum atomic E-state index is -4.47. The van der Waals surface area contributed by atoms with Crippen LogP contribution in [-0.4, -0.2) is 57.7 Å². The van der Waals surface area contributed by atoms with Crippen molar-refractivity contribution in [3.63, 3.8) is 0 Å². The van der Waals surface area contributed by atoms with Crippen molar-refractivity contribution in [1.29, 1.82) is 0 Å². The van der Waals surface area contributed by atoms with E-state index in [9.17, 15) is 18.0 Å². The van der Waals surface area contributed by atoms with Crippen LogP contribution < -0.4 is 4.90 Å². The van der Waals surface area contributed by atoms with Gasteiger partial charge in [-0.1, -0.05) is 0 Å². The van der Waals surface area contributed by atoms with E-state index in [1.807, 2.05) is 25.7 Å². The first-order valence-electron chi connectivity index (χ1n) is 8.84. The lowest BCUT2D eigenvalue weighted by Crippen LogP contribution is -2.50. The summed E-state index contributed by atoms with van der Waals surface area (Å²) in [7, 11) is 0. The van der Waals surface area contributed by atoms with Gasteiger partial charge >= 0.3 is 12.3 Å². The lowest BCUT2D eigenvalue weighted by Gasteiger charge is -2.36. The van der Waals surface area contributed by atoms with Crippen molar-refractivity contribution >= 4 is 11.9 Å². The Morgan fingerprint density at radius 3 is 2.25 bits per heavy atom. The van der Waals surface area contributed by atoms with Crippen LogP contribution in [0, 0.1) is 0 Å². The Labute approximate surface area is 160 Å². The van der Waals surface area contributed by atoms with Crippen LogP contribution in [0.3, 0.4) is 0 Å². The third-order valence-electron chi connectivity index (χ3n) is 4.16. The van der Waals surface area contributed by atoms with Gasteiger partial charge in [0, 0.05) is 37.9 Å². The predicted molar refractivity (Wildman–Crippen MR) is 96.8 cm³/mol. The summed E-state index contributed by atoms with van der Waals surface area (Å²) >= 11 is 0. The van der Waals surface area contributed by atoms with Crippen LogP contribution in [-0.2, 0) is 10.9 Å². The van der Waals surface area contributed by atoms with Gasteiger partial charge in [0.05, 0.1) is 6.20 Å². The van der Waals surface area contributed by atoms with Crippen LogP contribution in [0.2, 0.25) is 0 Å². The van der Waals surface area contributed by atoms with Gasteiger partial charge in [0.25, 0.3) is 0 Å². The fourth-order valence-corrected chi connectivity index (χ4v) is 2.77. The van der Waals surface area contributed by atoms with Crippen molar-refractivity contribution in [3.05, 3.63) is 30.2 Å². The summed E-state index contributed by atoms with van der Waals surface area (Å²) in [5, 5.41) is 0. The molecule has 2 aromatic rings. The van der Waals surface area contributed by atoms with E-state index in [1.165, 1.54) is 6.20 Å². The zero-order chi connectivity index (χ0) is 20.5. The molecule has 1 fully saturated rings. The molecule has 0 radical (unpaired) electrons. The first-order valence-corrected chi connectivity index (χ1v) is 8.84. The largest absolute Gasteiger partial charge is 0.444 e. The van der Waals surface area contributed by atoms with E-state index in [0.29, 0.717) is 37.6 Å². The number of hydrogen-bond donors (Lipinski definition) is 1. The lowest BCUT2D eigenvalue weighted by molar-refractivity contribution is -0.140. The number of pyridine rings is 1. The molecule has 3 rings (SSSR count). The zero-order valence-corrected chi connectivity index (χ0v) is 15.9. The summed E-state index contributed by atoms with van der Waals surface area (Å²) in [5.74, 6) is 0.802. The Morgan fingerprint density at radius 1 is 1.07 bits per heavy atom. The highest BCUT2D eigenvalue weighted by molar-refractivity contribution is 5.68. The van der Waals surface area contributed by atoms with Gasteiger partial charge in [-0.05, 0) is 32.9 Å². The maximum absolute atomic E-state index is 12.7. The highest BCUT2D eigenvalue weighted by atomic mass is 19.4. The molecular formula is C18H22F3N5O2. The van der Waals surface area contributed by atoms with Crippen LogP contribution in [0.1, 0.15) is 26.5 Å². The van der Waals surface area contributed by atoms with Crippen LogP contribution in [0.25, 0.3) is 11.4 Å². The smallest absolute Gasteiger partial charge is 0.432 e. The van der Waals surface area contributed by atoms with E-state index in [2.05, 4.69) is 15.0 Å². The lowest BCUT2D eigenvalue weighted by atomic mass is 10.2. The molecule has 0 aromatic carbocycles. The molecule has 152 valence electrons. The molecule has 10 heteroatoms. The summed E-state index contributed by atoms with van der Waals surface area (Å²) < 4.78 is 43.4.